The van der Waals surface area contributed by atoms with Crippen molar-refractivity contribution in [2.24, 2.45) is 34.0 Å². The summed E-state index contributed by atoms with van der Waals surface area (Å²) in [5, 5.41) is 13.0. The van der Waals surface area contributed by atoms with E-state index in [1.165, 1.54) is 27.7 Å². The van der Waals surface area contributed by atoms with Gasteiger partial charge in [-0.05, 0) is 67.1 Å². The SMILES string of the molecule is CC(=O)OCC[C@]12COC[C@H]1[C@]1(C)CC[C@@H]3[C@@](C)(C1[C@H](OC(C)=O)[C@@H]2OC(C)=O)[C@H](OC(C)=O)C=C(C)[C@]3(O)C[C@H](C)c1ccccc1. The molecule has 10 nitrogen and oxygen atoms in total. The van der Waals surface area contributed by atoms with Gasteiger partial charge in [-0.3, -0.25) is 19.2 Å². The predicted molar refractivity (Wildman–Crippen MR) is 175 cm³/mol. The first kappa shape index (κ1) is 36.1. The van der Waals surface area contributed by atoms with Crippen LogP contribution in [0.3, 0.4) is 0 Å². The van der Waals surface area contributed by atoms with Crippen LogP contribution >= 0.6 is 0 Å². The minimum absolute atomic E-state index is 0.00367. The molecule has 48 heavy (non-hydrogen) atoms. The maximum atomic E-state index is 13.0. The van der Waals surface area contributed by atoms with Gasteiger partial charge in [0.1, 0.15) is 18.3 Å². The summed E-state index contributed by atoms with van der Waals surface area (Å²) in [5.41, 5.74) is -1.82. The van der Waals surface area contributed by atoms with Crippen LogP contribution in [0.1, 0.15) is 92.6 Å². The number of carbonyl (C=O) groups excluding carboxylic acids is 4. The van der Waals surface area contributed by atoms with E-state index in [0.29, 0.717) is 32.3 Å². The zero-order valence-corrected chi connectivity index (χ0v) is 29.6. The molecule has 0 bridgehead atoms. The maximum absolute atomic E-state index is 13.0. The number of ether oxygens (including phenoxy) is 5. The minimum atomic E-state index is -1.28. The lowest BCUT2D eigenvalue weighted by Gasteiger charge is -2.70. The summed E-state index contributed by atoms with van der Waals surface area (Å²) >= 11 is 0. The van der Waals surface area contributed by atoms with Crippen molar-refractivity contribution in [2.45, 2.75) is 111 Å². The highest BCUT2D eigenvalue weighted by atomic mass is 16.6. The number of aliphatic hydroxyl groups is 1. The summed E-state index contributed by atoms with van der Waals surface area (Å²) in [7, 11) is 0. The number of hydrogen-bond acceptors (Lipinski definition) is 10. The number of rotatable bonds is 9. The zero-order chi connectivity index (χ0) is 35.2. The van der Waals surface area contributed by atoms with Crippen molar-refractivity contribution >= 4 is 23.9 Å². The molecule has 1 aliphatic heterocycles. The normalized spacial score (nSPS) is 39.1. The van der Waals surface area contributed by atoms with Crippen LogP contribution in [0.25, 0.3) is 0 Å². The summed E-state index contributed by atoms with van der Waals surface area (Å²) in [4.78, 5) is 50.5. The average Bonchev–Trinajstić information content (AvgIpc) is 3.44. The fourth-order valence-corrected chi connectivity index (χ4v) is 10.7. The first-order valence-corrected chi connectivity index (χ1v) is 17.2. The van der Waals surface area contributed by atoms with Crippen molar-refractivity contribution in [3.63, 3.8) is 0 Å². The third-order valence-corrected chi connectivity index (χ3v) is 12.5. The molecule has 10 heteroatoms. The fourth-order valence-electron chi connectivity index (χ4n) is 10.7. The minimum Gasteiger partial charge on any atom is -0.466 e. The van der Waals surface area contributed by atoms with Gasteiger partial charge in [0.25, 0.3) is 0 Å². The van der Waals surface area contributed by atoms with Crippen LogP contribution in [-0.2, 0) is 42.9 Å². The molecule has 1 saturated heterocycles. The van der Waals surface area contributed by atoms with Crippen LogP contribution in [0, 0.1) is 34.0 Å². The molecule has 1 aromatic rings. The maximum Gasteiger partial charge on any atom is 0.303 e. The van der Waals surface area contributed by atoms with Crippen LogP contribution < -0.4 is 0 Å². The number of carbonyl (C=O) groups is 4. The van der Waals surface area contributed by atoms with E-state index in [9.17, 15) is 24.3 Å². The molecule has 264 valence electrons. The summed E-state index contributed by atoms with van der Waals surface area (Å²) in [6.07, 6.45) is 1.21. The number of benzene rings is 1. The van der Waals surface area contributed by atoms with Gasteiger partial charge in [-0.15, -0.1) is 0 Å². The van der Waals surface area contributed by atoms with Crippen molar-refractivity contribution in [3.8, 4) is 0 Å². The van der Waals surface area contributed by atoms with Gasteiger partial charge in [0.2, 0.25) is 0 Å². The van der Waals surface area contributed by atoms with Crippen molar-refractivity contribution in [3.05, 3.63) is 47.5 Å². The van der Waals surface area contributed by atoms with E-state index in [-0.39, 0.29) is 25.0 Å². The molecule has 0 radical (unpaired) electrons. The third kappa shape index (κ3) is 5.97. The number of fused-ring (bicyclic) bond motifs is 5. The van der Waals surface area contributed by atoms with E-state index in [2.05, 4.69) is 26.0 Å². The standard InChI is InChI=1S/C38H52O10/c1-22(28-12-10-9-11-13-28)19-38(43)23(2)18-31(46-25(4)40)36(8)29(38)14-15-35(7)30-20-44-21-37(30,16-17-45-24(3)39)34(48-27(6)42)32(33(35)36)47-26(5)41/h9-13,18,22,29-34,43H,14-17,19-21H2,1-8H3/t22-,29+,30-,31+,32-,33?,34-,35-,36+,37-,38+/m0/s1. The van der Waals surface area contributed by atoms with Gasteiger partial charge in [-0.25, -0.2) is 0 Å². The lowest BCUT2D eigenvalue weighted by Crippen LogP contribution is -2.74. The van der Waals surface area contributed by atoms with E-state index in [1.54, 1.807) is 0 Å². The lowest BCUT2D eigenvalue weighted by molar-refractivity contribution is -0.287. The molecule has 0 aromatic heterocycles. The van der Waals surface area contributed by atoms with Crippen molar-refractivity contribution in [1.29, 1.82) is 0 Å². The summed E-state index contributed by atoms with van der Waals surface area (Å²) in [6, 6.07) is 10.1. The summed E-state index contributed by atoms with van der Waals surface area (Å²) < 4.78 is 30.3. The molecule has 2 saturated carbocycles. The van der Waals surface area contributed by atoms with E-state index >= 15 is 0 Å². The smallest absolute Gasteiger partial charge is 0.303 e. The molecule has 1 heterocycles. The number of hydrogen-bond donors (Lipinski definition) is 1. The Bertz CT molecular complexity index is 1440. The summed E-state index contributed by atoms with van der Waals surface area (Å²) in [6.45, 7) is 14.3. The predicted octanol–water partition coefficient (Wildman–Crippen LogP) is 5.30. The highest BCUT2D eigenvalue weighted by Crippen LogP contribution is 2.72. The zero-order valence-electron chi connectivity index (χ0n) is 29.6. The molecule has 1 unspecified atom stereocenters. The highest BCUT2D eigenvalue weighted by molar-refractivity contribution is 5.68. The fraction of sp³-hybridized carbons (Fsp3) is 0.684. The van der Waals surface area contributed by atoms with Crippen LogP contribution in [-0.4, -0.2) is 72.7 Å². The third-order valence-electron chi connectivity index (χ3n) is 12.5. The Hall–Kier alpha value is -3.24. The molecule has 4 aliphatic rings. The second-order valence-electron chi connectivity index (χ2n) is 15.3. The van der Waals surface area contributed by atoms with E-state index in [0.717, 1.165) is 11.1 Å². The van der Waals surface area contributed by atoms with Gasteiger partial charge in [0.05, 0.1) is 25.4 Å². The lowest BCUT2D eigenvalue weighted by atomic mass is 9.36. The Balaban J connectivity index is 1.71. The van der Waals surface area contributed by atoms with E-state index in [1.807, 2.05) is 38.1 Å². The van der Waals surface area contributed by atoms with Crippen LogP contribution in [0.4, 0.5) is 0 Å². The van der Waals surface area contributed by atoms with Gasteiger partial charge in [-0.1, -0.05) is 51.1 Å². The first-order valence-electron chi connectivity index (χ1n) is 17.2. The summed E-state index contributed by atoms with van der Waals surface area (Å²) in [5.74, 6) is -3.10. The number of esters is 4. The van der Waals surface area contributed by atoms with Gasteiger partial charge < -0.3 is 28.8 Å². The molecule has 5 rings (SSSR count). The largest absolute Gasteiger partial charge is 0.466 e. The molecule has 3 aliphatic carbocycles. The van der Waals surface area contributed by atoms with Crippen molar-refractivity contribution < 1.29 is 48.0 Å². The topological polar surface area (TPSA) is 135 Å². The van der Waals surface area contributed by atoms with Gasteiger partial charge >= 0.3 is 23.9 Å². The first-order chi connectivity index (χ1) is 22.5. The van der Waals surface area contributed by atoms with Crippen molar-refractivity contribution in [2.75, 3.05) is 19.8 Å². The Morgan fingerprint density at radius 1 is 0.938 bits per heavy atom. The molecular formula is C38H52O10. The Morgan fingerprint density at radius 2 is 1.58 bits per heavy atom. The van der Waals surface area contributed by atoms with Gasteiger partial charge in [-0.2, -0.15) is 0 Å². The highest BCUT2D eigenvalue weighted by Gasteiger charge is 2.76. The molecular weight excluding hydrogens is 616 g/mol. The Labute approximate surface area is 283 Å². The monoisotopic (exact) mass is 668 g/mol. The van der Waals surface area contributed by atoms with Crippen LogP contribution in [0.15, 0.2) is 42.0 Å². The van der Waals surface area contributed by atoms with Crippen LogP contribution in [0.5, 0.6) is 0 Å². The molecule has 1 N–H and O–H groups in total. The molecule has 11 atom stereocenters. The average molecular weight is 669 g/mol. The van der Waals surface area contributed by atoms with E-state index < -0.39 is 75.9 Å². The molecule has 0 spiro atoms. The quantitative estimate of drug-likeness (QED) is 0.210. The van der Waals surface area contributed by atoms with E-state index in [4.69, 9.17) is 23.7 Å². The molecule has 3 fully saturated rings. The van der Waals surface area contributed by atoms with Crippen LogP contribution in [0.2, 0.25) is 0 Å². The van der Waals surface area contributed by atoms with Crippen molar-refractivity contribution in [1.82, 2.24) is 0 Å². The van der Waals surface area contributed by atoms with Gasteiger partial charge in [0, 0.05) is 50.4 Å². The Kier molecular flexibility index (Phi) is 9.94. The molecule has 1 aromatic carbocycles. The second kappa shape index (κ2) is 13.2. The Morgan fingerprint density at radius 3 is 2.19 bits per heavy atom. The molecule has 0 amide bonds. The second-order valence-corrected chi connectivity index (χ2v) is 15.3. The van der Waals surface area contributed by atoms with Gasteiger partial charge in [0.15, 0.2) is 0 Å².